The summed E-state index contributed by atoms with van der Waals surface area (Å²) in [7, 11) is 0. The van der Waals surface area contributed by atoms with Crippen LogP contribution in [0.15, 0.2) is 24.3 Å². The summed E-state index contributed by atoms with van der Waals surface area (Å²) < 4.78 is 1.73. The third-order valence-corrected chi connectivity index (χ3v) is 4.30. The van der Waals surface area contributed by atoms with Crippen LogP contribution in [0, 0.1) is 18.3 Å². The van der Waals surface area contributed by atoms with Gasteiger partial charge in [0.05, 0.1) is 11.3 Å². The Morgan fingerprint density at radius 3 is 2.79 bits per heavy atom. The first-order chi connectivity index (χ1) is 9.22. The van der Waals surface area contributed by atoms with Gasteiger partial charge in [-0.3, -0.25) is 4.79 Å². The fourth-order valence-electron chi connectivity index (χ4n) is 2.63. The average Bonchev–Trinajstić information content (AvgIpc) is 3.00. The molecule has 4 rings (SSSR count). The number of carbonyl (C=O) groups excluding carboxylic acids is 1. The lowest BCUT2D eigenvalue weighted by Crippen LogP contribution is -1.96. The Morgan fingerprint density at radius 2 is 2.05 bits per heavy atom. The van der Waals surface area contributed by atoms with E-state index in [0.717, 1.165) is 21.1 Å². The minimum absolute atomic E-state index is 0.0718. The molecule has 1 aliphatic rings. The molecular formula is C14H7N3OS. The highest BCUT2D eigenvalue weighted by Crippen LogP contribution is 2.42. The van der Waals surface area contributed by atoms with Crippen molar-refractivity contribution in [3.05, 3.63) is 46.0 Å². The SMILES string of the molecule is Cc1nn2c3c(c(C#N)c2s1)C(=O)c1ccccc1-3. The molecular weight excluding hydrogens is 258 g/mol. The summed E-state index contributed by atoms with van der Waals surface area (Å²) in [6.45, 7) is 1.90. The minimum atomic E-state index is -0.0718. The summed E-state index contributed by atoms with van der Waals surface area (Å²) in [5.41, 5.74) is 3.23. The summed E-state index contributed by atoms with van der Waals surface area (Å²) in [6.07, 6.45) is 0. The van der Waals surface area contributed by atoms with Crippen LogP contribution in [0.4, 0.5) is 0 Å². The molecule has 90 valence electrons. The van der Waals surface area contributed by atoms with Gasteiger partial charge in [0.15, 0.2) is 5.78 Å². The summed E-state index contributed by atoms with van der Waals surface area (Å²) in [5, 5.41) is 14.7. The van der Waals surface area contributed by atoms with Gasteiger partial charge < -0.3 is 0 Å². The van der Waals surface area contributed by atoms with Crippen LogP contribution in [0.5, 0.6) is 0 Å². The molecule has 1 aromatic carbocycles. The molecule has 0 atom stereocenters. The van der Waals surface area contributed by atoms with E-state index in [4.69, 9.17) is 0 Å². The highest BCUT2D eigenvalue weighted by atomic mass is 32.1. The zero-order valence-corrected chi connectivity index (χ0v) is 10.8. The van der Waals surface area contributed by atoms with Crippen molar-refractivity contribution >= 4 is 22.0 Å². The Kier molecular flexibility index (Phi) is 1.82. The number of hydrogen-bond acceptors (Lipinski definition) is 4. The maximum Gasteiger partial charge on any atom is 0.197 e. The first kappa shape index (κ1) is 10.5. The van der Waals surface area contributed by atoms with Gasteiger partial charge in [-0.15, -0.1) is 0 Å². The predicted molar refractivity (Wildman–Crippen MR) is 71.4 cm³/mol. The number of aromatic nitrogens is 2. The van der Waals surface area contributed by atoms with Gasteiger partial charge in [-0.25, -0.2) is 4.52 Å². The molecule has 19 heavy (non-hydrogen) atoms. The second-order valence-corrected chi connectivity index (χ2v) is 5.60. The number of carbonyl (C=O) groups is 1. The van der Waals surface area contributed by atoms with Crippen molar-refractivity contribution in [1.82, 2.24) is 9.61 Å². The molecule has 0 radical (unpaired) electrons. The van der Waals surface area contributed by atoms with Crippen LogP contribution in [0.1, 0.15) is 26.5 Å². The van der Waals surface area contributed by atoms with Gasteiger partial charge in [-0.1, -0.05) is 35.6 Å². The number of nitrogens with zero attached hydrogens (tertiary/aromatic N) is 3. The van der Waals surface area contributed by atoms with Gasteiger partial charge >= 0.3 is 0 Å². The third kappa shape index (κ3) is 1.12. The number of hydrogen-bond donors (Lipinski definition) is 0. The average molecular weight is 265 g/mol. The van der Waals surface area contributed by atoms with Crippen LogP contribution in [-0.2, 0) is 0 Å². The van der Waals surface area contributed by atoms with Crippen LogP contribution in [0.25, 0.3) is 16.1 Å². The zero-order chi connectivity index (χ0) is 13.1. The molecule has 0 N–H and O–H groups in total. The normalized spacial score (nSPS) is 12.5. The number of nitriles is 1. The number of benzene rings is 1. The Labute approximate surface area is 112 Å². The molecule has 3 aromatic rings. The van der Waals surface area contributed by atoms with Crippen LogP contribution < -0.4 is 0 Å². The minimum Gasteiger partial charge on any atom is -0.288 e. The predicted octanol–water partition coefficient (Wildman–Crippen LogP) is 2.79. The van der Waals surface area contributed by atoms with Crippen LogP contribution in [0.3, 0.4) is 0 Å². The molecule has 0 saturated carbocycles. The lowest BCUT2D eigenvalue weighted by Gasteiger charge is -1.97. The molecule has 0 fully saturated rings. The van der Waals surface area contributed by atoms with E-state index >= 15 is 0 Å². The first-order valence-corrected chi connectivity index (χ1v) is 6.60. The van der Waals surface area contributed by atoms with Crippen molar-refractivity contribution in [2.75, 3.05) is 0 Å². The number of fused-ring (bicyclic) bond motifs is 5. The quantitative estimate of drug-likeness (QED) is 0.491. The smallest absolute Gasteiger partial charge is 0.197 e. The fraction of sp³-hybridized carbons (Fsp3) is 0.0714. The molecule has 0 amide bonds. The second kappa shape index (κ2) is 3.31. The maximum atomic E-state index is 12.4. The van der Waals surface area contributed by atoms with E-state index in [1.54, 1.807) is 10.6 Å². The van der Waals surface area contributed by atoms with Crippen molar-refractivity contribution in [2.24, 2.45) is 0 Å². The molecule has 0 spiro atoms. The fourth-order valence-corrected chi connectivity index (χ4v) is 3.50. The topological polar surface area (TPSA) is 58.2 Å². The Bertz CT molecular complexity index is 911. The summed E-state index contributed by atoms with van der Waals surface area (Å²) in [4.78, 5) is 13.2. The Morgan fingerprint density at radius 1 is 1.32 bits per heavy atom. The van der Waals surface area contributed by atoms with Crippen molar-refractivity contribution in [3.63, 3.8) is 0 Å². The monoisotopic (exact) mass is 265 g/mol. The summed E-state index contributed by atoms with van der Waals surface area (Å²) >= 11 is 1.44. The molecule has 4 nitrogen and oxygen atoms in total. The van der Waals surface area contributed by atoms with Crippen molar-refractivity contribution in [1.29, 1.82) is 5.26 Å². The molecule has 2 heterocycles. The molecule has 5 heteroatoms. The Balaban J connectivity index is 2.25. The lowest BCUT2D eigenvalue weighted by atomic mass is 10.1. The van der Waals surface area contributed by atoms with Crippen molar-refractivity contribution < 1.29 is 4.79 Å². The van der Waals surface area contributed by atoms with E-state index in [0.29, 0.717) is 16.7 Å². The van der Waals surface area contributed by atoms with Crippen LogP contribution >= 0.6 is 11.3 Å². The summed E-state index contributed by atoms with van der Waals surface area (Å²) in [6, 6.07) is 9.59. The van der Waals surface area contributed by atoms with Gasteiger partial charge in [0.1, 0.15) is 21.5 Å². The second-order valence-electron chi connectivity index (χ2n) is 4.42. The van der Waals surface area contributed by atoms with Gasteiger partial charge in [0.25, 0.3) is 0 Å². The number of aryl methyl sites for hydroxylation is 1. The summed E-state index contributed by atoms with van der Waals surface area (Å²) in [5.74, 6) is -0.0718. The molecule has 0 saturated heterocycles. The molecule has 2 aromatic heterocycles. The molecule has 0 aliphatic heterocycles. The zero-order valence-electron chi connectivity index (χ0n) is 9.97. The van der Waals surface area contributed by atoms with Gasteiger partial charge in [0.2, 0.25) is 0 Å². The van der Waals surface area contributed by atoms with Gasteiger partial charge in [-0.2, -0.15) is 10.4 Å². The maximum absolute atomic E-state index is 12.4. The van der Waals surface area contributed by atoms with E-state index < -0.39 is 0 Å². The van der Waals surface area contributed by atoms with Gasteiger partial charge in [-0.05, 0) is 6.92 Å². The van der Waals surface area contributed by atoms with Crippen molar-refractivity contribution in [2.45, 2.75) is 6.92 Å². The Hall–Kier alpha value is -2.45. The van der Waals surface area contributed by atoms with Crippen molar-refractivity contribution in [3.8, 4) is 17.3 Å². The van der Waals surface area contributed by atoms with Crippen LogP contribution in [0.2, 0.25) is 0 Å². The molecule has 0 unspecified atom stereocenters. The lowest BCUT2D eigenvalue weighted by molar-refractivity contribution is 0.104. The van der Waals surface area contributed by atoms with Gasteiger partial charge in [0, 0.05) is 11.1 Å². The van der Waals surface area contributed by atoms with E-state index in [1.165, 1.54) is 11.3 Å². The third-order valence-electron chi connectivity index (χ3n) is 3.36. The number of ketones is 1. The number of rotatable bonds is 0. The van der Waals surface area contributed by atoms with Crippen LogP contribution in [-0.4, -0.2) is 15.4 Å². The van der Waals surface area contributed by atoms with E-state index in [9.17, 15) is 10.1 Å². The van der Waals surface area contributed by atoms with E-state index in [2.05, 4.69) is 11.2 Å². The van der Waals surface area contributed by atoms with E-state index in [1.807, 2.05) is 25.1 Å². The largest absolute Gasteiger partial charge is 0.288 e. The standard InChI is InChI=1S/C14H7N3OS/c1-7-16-17-12-8-4-2-3-5-9(8)13(18)11(12)10(6-15)14(17)19-7/h2-5H,1H3. The highest BCUT2D eigenvalue weighted by molar-refractivity contribution is 7.17. The molecule has 0 bridgehead atoms. The highest BCUT2D eigenvalue weighted by Gasteiger charge is 2.35. The first-order valence-electron chi connectivity index (χ1n) is 5.78. The van der Waals surface area contributed by atoms with E-state index in [-0.39, 0.29) is 5.78 Å². The molecule has 1 aliphatic carbocycles.